The van der Waals surface area contributed by atoms with Crippen molar-refractivity contribution < 1.29 is 0 Å². The van der Waals surface area contributed by atoms with Crippen LogP contribution < -0.4 is 0 Å². The number of aromatic amines is 1. The summed E-state index contributed by atoms with van der Waals surface area (Å²) in [6, 6.07) is 13.1. The van der Waals surface area contributed by atoms with E-state index in [-0.39, 0.29) is 0 Å². The first-order valence-electron chi connectivity index (χ1n) is 9.79. The molecule has 0 bridgehead atoms. The zero-order chi connectivity index (χ0) is 18.9. The lowest BCUT2D eigenvalue weighted by Gasteiger charge is -2.31. The SMILES string of the molecule is Cc1[nH]ncc1-c1cc2nc(CN3CCC(c4ccccc4)CC3)ncc2s1. The van der Waals surface area contributed by atoms with Gasteiger partial charge >= 0.3 is 0 Å². The summed E-state index contributed by atoms with van der Waals surface area (Å²) in [5, 5.41) is 7.14. The number of H-pyrrole nitrogens is 1. The second kappa shape index (κ2) is 7.45. The lowest BCUT2D eigenvalue weighted by molar-refractivity contribution is 0.200. The fraction of sp³-hybridized carbons (Fsp3) is 0.318. The molecule has 0 unspecified atom stereocenters. The number of hydrogen-bond acceptors (Lipinski definition) is 5. The van der Waals surface area contributed by atoms with E-state index in [9.17, 15) is 0 Å². The van der Waals surface area contributed by atoms with E-state index in [1.54, 1.807) is 11.3 Å². The summed E-state index contributed by atoms with van der Waals surface area (Å²) in [5.41, 5.74) is 4.73. The molecule has 6 heteroatoms. The summed E-state index contributed by atoms with van der Waals surface area (Å²) in [4.78, 5) is 13.1. The fourth-order valence-corrected chi connectivity index (χ4v) is 5.07. The summed E-state index contributed by atoms with van der Waals surface area (Å²) in [5.74, 6) is 1.59. The Hall–Kier alpha value is -2.57. The third-order valence-electron chi connectivity index (χ3n) is 5.64. The van der Waals surface area contributed by atoms with Crippen molar-refractivity contribution in [2.45, 2.75) is 32.2 Å². The highest BCUT2D eigenvalue weighted by Gasteiger charge is 2.21. The number of rotatable bonds is 4. The van der Waals surface area contributed by atoms with Gasteiger partial charge in [-0.3, -0.25) is 10.00 Å². The number of aromatic nitrogens is 4. The van der Waals surface area contributed by atoms with Gasteiger partial charge in [0, 0.05) is 22.3 Å². The Labute approximate surface area is 168 Å². The molecule has 0 amide bonds. The van der Waals surface area contributed by atoms with Gasteiger partial charge in [0.1, 0.15) is 5.82 Å². The molecule has 0 aliphatic carbocycles. The summed E-state index contributed by atoms with van der Waals surface area (Å²) in [7, 11) is 0. The number of benzene rings is 1. The van der Waals surface area contributed by atoms with Gasteiger partial charge in [-0.15, -0.1) is 11.3 Å². The van der Waals surface area contributed by atoms with E-state index in [1.165, 1.54) is 23.3 Å². The van der Waals surface area contributed by atoms with Gasteiger partial charge in [0.25, 0.3) is 0 Å². The first kappa shape index (κ1) is 17.5. The summed E-state index contributed by atoms with van der Waals surface area (Å²) < 4.78 is 1.13. The predicted octanol–water partition coefficient (Wildman–Crippen LogP) is 4.77. The molecule has 0 saturated carbocycles. The molecule has 1 saturated heterocycles. The maximum absolute atomic E-state index is 4.83. The van der Waals surface area contributed by atoms with Crippen LogP contribution in [0.15, 0.2) is 48.8 Å². The largest absolute Gasteiger partial charge is 0.296 e. The van der Waals surface area contributed by atoms with Gasteiger partial charge < -0.3 is 0 Å². The Kier molecular flexibility index (Phi) is 4.66. The van der Waals surface area contributed by atoms with Crippen LogP contribution in [0, 0.1) is 6.92 Å². The van der Waals surface area contributed by atoms with E-state index in [2.05, 4.69) is 56.5 Å². The number of fused-ring (bicyclic) bond motifs is 1. The van der Waals surface area contributed by atoms with E-state index in [1.807, 2.05) is 19.3 Å². The highest BCUT2D eigenvalue weighted by Crippen LogP contribution is 2.33. The Morgan fingerprint density at radius 2 is 1.96 bits per heavy atom. The van der Waals surface area contributed by atoms with Crippen LogP contribution in [0.2, 0.25) is 0 Å². The van der Waals surface area contributed by atoms with E-state index < -0.39 is 0 Å². The van der Waals surface area contributed by atoms with Crippen molar-refractivity contribution in [3.63, 3.8) is 0 Å². The molecule has 1 aromatic carbocycles. The molecule has 1 fully saturated rings. The van der Waals surface area contributed by atoms with Gasteiger partial charge in [0.05, 0.1) is 23.0 Å². The Morgan fingerprint density at radius 1 is 1.14 bits per heavy atom. The molecule has 1 aliphatic heterocycles. The topological polar surface area (TPSA) is 57.7 Å². The minimum Gasteiger partial charge on any atom is -0.296 e. The van der Waals surface area contributed by atoms with Crippen molar-refractivity contribution in [2.24, 2.45) is 0 Å². The third-order valence-corrected chi connectivity index (χ3v) is 6.73. The molecule has 0 spiro atoms. The molecule has 3 aromatic heterocycles. The van der Waals surface area contributed by atoms with Crippen molar-refractivity contribution in [2.75, 3.05) is 13.1 Å². The van der Waals surface area contributed by atoms with Crippen LogP contribution in [0.4, 0.5) is 0 Å². The van der Waals surface area contributed by atoms with Gasteiger partial charge in [0.2, 0.25) is 0 Å². The van der Waals surface area contributed by atoms with Gasteiger partial charge in [-0.25, -0.2) is 9.97 Å². The van der Waals surface area contributed by atoms with Crippen LogP contribution in [-0.2, 0) is 6.54 Å². The average Bonchev–Trinajstić information content (AvgIpc) is 3.34. The monoisotopic (exact) mass is 389 g/mol. The van der Waals surface area contributed by atoms with Crippen molar-refractivity contribution in [3.8, 4) is 10.4 Å². The summed E-state index contributed by atoms with van der Waals surface area (Å²) in [6.45, 7) is 5.07. The molecule has 0 atom stereocenters. The number of thiophene rings is 1. The Morgan fingerprint density at radius 3 is 2.71 bits per heavy atom. The van der Waals surface area contributed by atoms with E-state index in [0.29, 0.717) is 5.92 Å². The fourth-order valence-electron chi connectivity index (χ4n) is 4.03. The van der Waals surface area contributed by atoms with Crippen LogP contribution in [0.1, 0.15) is 35.8 Å². The highest BCUT2D eigenvalue weighted by atomic mass is 32.1. The predicted molar refractivity (Wildman–Crippen MR) is 113 cm³/mol. The lowest BCUT2D eigenvalue weighted by atomic mass is 9.89. The third kappa shape index (κ3) is 3.45. The number of hydrogen-bond donors (Lipinski definition) is 1. The van der Waals surface area contributed by atoms with Crippen molar-refractivity contribution in [3.05, 3.63) is 65.9 Å². The van der Waals surface area contributed by atoms with E-state index in [4.69, 9.17) is 4.98 Å². The standard InChI is InChI=1S/C22H23N5S/c1-15-18(12-24-26-15)20-11-19-21(28-20)13-23-22(25-19)14-27-9-7-17(8-10-27)16-5-3-2-4-6-16/h2-6,11-13,17H,7-10,14H2,1H3,(H,24,26). The van der Waals surface area contributed by atoms with Gasteiger partial charge in [-0.1, -0.05) is 30.3 Å². The first-order chi connectivity index (χ1) is 13.8. The molecule has 142 valence electrons. The van der Waals surface area contributed by atoms with E-state index in [0.717, 1.165) is 46.9 Å². The second-order valence-electron chi connectivity index (χ2n) is 7.52. The molecule has 5 nitrogen and oxygen atoms in total. The van der Waals surface area contributed by atoms with Crippen molar-refractivity contribution in [1.82, 2.24) is 25.1 Å². The van der Waals surface area contributed by atoms with Crippen LogP contribution in [-0.4, -0.2) is 38.2 Å². The number of nitrogens with zero attached hydrogens (tertiary/aromatic N) is 4. The van der Waals surface area contributed by atoms with Crippen LogP contribution in [0.5, 0.6) is 0 Å². The average molecular weight is 390 g/mol. The smallest absolute Gasteiger partial charge is 0.143 e. The molecular formula is C22H23N5S. The molecule has 5 rings (SSSR count). The van der Waals surface area contributed by atoms with Crippen molar-refractivity contribution in [1.29, 1.82) is 0 Å². The highest BCUT2D eigenvalue weighted by molar-refractivity contribution is 7.22. The molecule has 28 heavy (non-hydrogen) atoms. The second-order valence-corrected chi connectivity index (χ2v) is 8.60. The molecule has 4 aromatic rings. The molecular weight excluding hydrogens is 366 g/mol. The van der Waals surface area contributed by atoms with Gasteiger partial charge in [0.15, 0.2) is 0 Å². The molecule has 0 radical (unpaired) electrons. The summed E-state index contributed by atoms with van der Waals surface area (Å²) >= 11 is 1.72. The van der Waals surface area contributed by atoms with E-state index >= 15 is 0 Å². The molecule has 4 heterocycles. The number of nitrogens with one attached hydrogen (secondary N) is 1. The normalized spacial score (nSPS) is 16.0. The number of likely N-dealkylation sites (tertiary alicyclic amines) is 1. The van der Waals surface area contributed by atoms with Crippen LogP contribution in [0.25, 0.3) is 20.7 Å². The van der Waals surface area contributed by atoms with Crippen LogP contribution in [0.3, 0.4) is 0 Å². The Balaban J connectivity index is 1.28. The number of piperidine rings is 1. The zero-order valence-electron chi connectivity index (χ0n) is 15.9. The minimum absolute atomic E-state index is 0.679. The first-order valence-corrected chi connectivity index (χ1v) is 10.6. The summed E-state index contributed by atoms with van der Waals surface area (Å²) in [6.07, 6.45) is 6.26. The lowest BCUT2D eigenvalue weighted by Crippen LogP contribution is -2.33. The zero-order valence-corrected chi connectivity index (χ0v) is 16.7. The maximum Gasteiger partial charge on any atom is 0.143 e. The number of aryl methyl sites for hydroxylation is 1. The van der Waals surface area contributed by atoms with Gasteiger partial charge in [-0.2, -0.15) is 5.10 Å². The maximum atomic E-state index is 4.83. The Bertz CT molecular complexity index is 1080. The van der Waals surface area contributed by atoms with Crippen LogP contribution >= 0.6 is 11.3 Å². The van der Waals surface area contributed by atoms with Gasteiger partial charge in [-0.05, 0) is 50.4 Å². The quantitative estimate of drug-likeness (QED) is 0.546. The minimum atomic E-state index is 0.679. The van der Waals surface area contributed by atoms with Crippen molar-refractivity contribution >= 4 is 21.6 Å². The molecule has 1 aliphatic rings. The molecule has 1 N–H and O–H groups in total.